The molecule has 0 unspecified atom stereocenters. The van der Waals surface area contributed by atoms with Crippen LogP contribution in [0.15, 0.2) is 36.5 Å². The van der Waals surface area contributed by atoms with E-state index in [2.05, 4.69) is 17.1 Å². The molecule has 4 heterocycles. The smallest absolute Gasteiger partial charge is 0.318 e. The summed E-state index contributed by atoms with van der Waals surface area (Å²) in [7, 11) is 0. The number of ether oxygens (including phenoxy) is 1. The molecule has 1 aromatic heterocycles. The van der Waals surface area contributed by atoms with E-state index in [9.17, 15) is 9.59 Å². The zero-order valence-electron chi connectivity index (χ0n) is 24.3. The Balaban J connectivity index is 1.23. The van der Waals surface area contributed by atoms with Crippen molar-refractivity contribution in [2.24, 2.45) is 0 Å². The second-order valence-electron chi connectivity index (χ2n) is 11.3. The number of urea groups is 1. The van der Waals surface area contributed by atoms with Gasteiger partial charge in [-0.25, -0.2) is 4.79 Å². The Morgan fingerprint density at radius 2 is 1.88 bits per heavy atom. The number of carbonyl (C=O) groups excluding carboxylic acids is 2. The van der Waals surface area contributed by atoms with Crippen molar-refractivity contribution < 1.29 is 14.3 Å². The summed E-state index contributed by atoms with van der Waals surface area (Å²) in [6.07, 6.45) is 7.29. The maximum Gasteiger partial charge on any atom is 0.318 e. The molecule has 3 amide bonds. The first-order chi connectivity index (χ1) is 20.4. The maximum absolute atomic E-state index is 13.9. The van der Waals surface area contributed by atoms with Gasteiger partial charge in [0.15, 0.2) is 0 Å². The Morgan fingerprint density at radius 3 is 2.57 bits per heavy atom. The third kappa shape index (κ3) is 7.84. The fourth-order valence-electron chi connectivity index (χ4n) is 6.12. The highest BCUT2D eigenvalue weighted by molar-refractivity contribution is 7.99. The van der Waals surface area contributed by atoms with Crippen molar-refractivity contribution in [3.8, 4) is 5.75 Å². The molecular formula is C31H41Cl2N5O3S. The number of pyridine rings is 1. The molecule has 0 bridgehead atoms. The zero-order valence-corrected chi connectivity index (χ0v) is 26.6. The predicted octanol–water partition coefficient (Wildman–Crippen LogP) is 5.67. The first kappa shape index (κ1) is 31.2. The van der Waals surface area contributed by atoms with Gasteiger partial charge in [-0.15, -0.1) is 11.8 Å². The van der Waals surface area contributed by atoms with Crippen LogP contribution in [0.5, 0.6) is 5.75 Å². The normalized spacial score (nSPS) is 19.6. The molecule has 42 heavy (non-hydrogen) atoms. The summed E-state index contributed by atoms with van der Waals surface area (Å²) in [5, 5.41) is 4.03. The highest BCUT2D eigenvalue weighted by atomic mass is 35.5. The summed E-state index contributed by atoms with van der Waals surface area (Å²) in [4.78, 5) is 37.7. The monoisotopic (exact) mass is 633 g/mol. The minimum Gasteiger partial charge on any atom is -0.490 e. The molecule has 5 rings (SSSR count). The van der Waals surface area contributed by atoms with E-state index in [-0.39, 0.29) is 17.9 Å². The molecule has 228 valence electrons. The van der Waals surface area contributed by atoms with E-state index in [0.717, 1.165) is 55.1 Å². The molecule has 1 aromatic carbocycles. The molecule has 3 aliphatic heterocycles. The lowest BCUT2D eigenvalue weighted by Gasteiger charge is -2.35. The lowest BCUT2D eigenvalue weighted by Crippen LogP contribution is -2.54. The van der Waals surface area contributed by atoms with Crippen LogP contribution in [0.25, 0.3) is 0 Å². The summed E-state index contributed by atoms with van der Waals surface area (Å²) in [6.45, 7) is 7.04. The number of hydrogen-bond donors (Lipinski definition) is 1. The van der Waals surface area contributed by atoms with Gasteiger partial charge in [-0.3, -0.25) is 14.7 Å². The van der Waals surface area contributed by atoms with Crippen LogP contribution in [-0.4, -0.2) is 94.7 Å². The third-order valence-corrected chi connectivity index (χ3v) is 10.2. The number of nitrogens with zero attached hydrogens (tertiary/aromatic N) is 4. The number of carbonyl (C=O) groups is 2. The first-order valence-electron chi connectivity index (χ1n) is 15.1. The van der Waals surface area contributed by atoms with Crippen molar-refractivity contribution in [3.63, 3.8) is 0 Å². The van der Waals surface area contributed by atoms with Gasteiger partial charge in [-0.05, 0) is 75.0 Å². The fourth-order valence-corrected chi connectivity index (χ4v) is 7.55. The molecule has 2 aromatic rings. The van der Waals surface area contributed by atoms with Gasteiger partial charge in [0.1, 0.15) is 18.4 Å². The molecule has 3 aliphatic rings. The Labute approximate surface area is 263 Å². The number of benzene rings is 1. The summed E-state index contributed by atoms with van der Waals surface area (Å²) >= 11 is 14.3. The first-order valence-corrected chi connectivity index (χ1v) is 17.0. The number of aromatic nitrogens is 1. The van der Waals surface area contributed by atoms with Gasteiger partial charge < -0.3 is 19.9 Å². The fraction of sp³-hybridized carbons (Fsp3) is 0.581. The number of halogens is 2. The summed E-state index contributed by atoms with van der Waals surface area (Å²) in [5.41, 5.74) is 1.75. The molecule has 3 saturated heterocycles. The topological polar surface area (TPSA) is 78.0 Å². The second-order valence-corrected chi connectivity index (χ2v) is 13.3. The van der Waals surface area contributed by atoms with Gasteiger partial charge in [0, 0.05) is 60.0 Å². The van der Waals surface area contributed by atoms with E-state index in [0.29, 0.717) is 54.6 Å². The quantitative estimate of drug-likeness (QED) is 0.363. The van der Waals surface area contributed by atoms with E-state index in [1.807, 2.05) is 29.3 Å². The molecule has 3 fully saturated rings. The molecule has 11 heteroatoms. The van der Waals surface area contributed by atoms with Gasteiger partial charge in [0.2, 0.25) is 5.91 Å². The van der Waals surface area contributed by atoms with Crippen molar-refractivity contribution >= 4 is 46.9 Å². The number of amides is 3. The largest absolute Gasteiger partial charge is 0.490 e. The zero-order chi connectivity index (χ0) is 29.5. The van der Waals surface area contributed by atoms with Crippen LogP contribution in [0.3, 0.4) is 0 Å². The van der Waals surface area contributed by atoms with Crippen LogP contribution >= 0.6 is 35.0 Å². The summed E-state index contributed by atoms with van der Waals surface area (Å²) < 4.78 is 6.39. The molecule has 0 spiro atoms. The van der Waals surface area contributed by atoms with E-state index >= 15 is 0 Å². The Bertz CT molecular complexity index is 1220. The highest BCUT2D eigenvalue weighted by Crippen LogP contribution is 2.33. The van der Waals surface area contributed by atoms with E-state index in [4.69, 9.17) is 32.9 Å². The van der Waals surface area contributed by atoms with E-state index < -0.39 is 6.04 Å². The maximum atomic E-state index is 13.9. The Morgan fingerprint density at radius 1 is 1.10 bits per heavy atom. The Hall–Kier alpha value is -2.20. The van der Waals surface area contributed by atoms with Crippen LogP contribution in [-0.2, 0) is 11.2 Å². The van der Waals surface area contributed by atoms with Crippen LogP contribution in [0.2, 0.25) is 10.0 Å². The third-order valence-electron chi connectivity index (χ3n) is 8.63. The highest BCUT2D eigenvalue weighted by Gasteiger charge is 2.33. The van der Waals surface area contributed by atoms with Gasteiger partial charge in [-0.2, -0.15) is 0 Å². The standard InChI is InChI=1S/C31H41Cl2N5O3S/c1-2-25(36-12-3-4-13-36)20-41-28-6-5-11-34-29(28)22-9-14-37(15-10-22)30(39)27(35-31(40)38-16-17-42-21-38)18-23-7-8-24(32)19-26(23)33/h5-8,11,19,22,25,27H,2-4,9-10,12-18,20-21H2,1H3,(H,35,40)/t25-,27-/m1/s1. The number of hydrogen-bond acceptors (Lipinski definition) is 6. The lowest BCUT2D eigenvalue weighted by molar-refractivity contribution is -0.134. The molecule has 8 nitrogen and oxygen atoms in total. The number of thioether (sulfide) groups is 1. The van der Waals surface area contributed by atoms with Crippen molar-refractivity contribution in [2.45, 2.75) is 63.5 Å². The molecule has 1 N–H and O–H groups in total. The molecule has 0 saturated carbocycles. The number of rotatable bonds is 10. The van der Waals surface area contributed by atoms with Crippen molar-refractivity contribution in [3.05, 3.63) is 57.8 Å². The van der Waals surface area contributed by atoms with Gasteiger partial charge >= 0.3 is 6.03 Å². The minimum absolute atomic E-state index is 0.0893. The summed E-state index contributed by atoms with van der Waals surface area (Å²) in [5.74, 6) is 2.50. The van der Waals surface area contributed by atoms with E-state index in [1.165, 1.54) is 12.8 Å². The average Bonchev–Trinajstić information content (AvgIpc) is 3.74. The lowest BCUT2D eigenvalue weighted by atomic mass is 9.91. The summed E-state index contributed by atoms with van der Waals surface area (Å²) in [6, 6.07) is 8.69. The Kier molecular flexibility index (Phi) is 11.2. The van der Waals surface area contributed by atoms with Crippen molar-refractivity contribution in [2.75, 3.05) is 51.0 Å². The van der Waals surface area contributed by atoms with Crippen molar-refractivity contribution in [1.29, 1.82) is 0 Å². The van der Waals surface area contributed by atoms with Gasteiger partial charge in [0.25, 0.3) is 0 Å². The molecule has 0 radical (unpaired) electrons. The van der Waals surface area contributed by atoms with Crippen molar-refractivity contribution in [1.82, 2.24) is 25.0 Å². The van der Waals surface area contributed by atoms with E-state index in [1.54, 1.807) is 28.8 Å². The number of piperidine rings is 1. The second kappa shape index (κ2) is 15.0. The molecule has 0 aliphatic carbocycles. The average molecular weight is 635 g/mol. The van der Waals surface area contributed by atoms with Crippen LogP contribution < -0.4 is 10.1 Å². The van der Waals surface area contributed by atoms with Crippen LogP contribution in [0.4, 0.5) is 4.79 Å². The molecular weight excluding hydrogens is 593 g/mol. The number of nitrogens with one attached hydrogen (secondary N) is 1. The predicted molar refractivity (Wildman–Crippen MR) is 170 cm³/mol. The van der Waals surface area contributed by atoms with Crippen LogP contribution in [0.1, 0.15) is 56.2 Å². The molecule has 2 atom stereocenters. The minimum atomic E-state index is -0.719. The number of likely N-dealkylation sites (tertiary alicyclic amines) is 2. The van der Waals surface area contributed by atoms with Gasteiger partial charge in [-0.1, -0.05) is 36.2 Å². The van der Waals surface area contributed by atoms with Crippen LogP contribution in [0, 0.1) is 0 Å². The SMILES string of the molecule is CC[C@H](COc1cccnc1C1CCN(C(=O)[C@@H](Cc2ccc(Cl)cc2Cl)NC(=O)N2CCSC2)CC1)N1CCCC1. The van der Waals surface area contributed by atoms with Gasteiger partial charge in [0.05, 0.1) is 11.6 Å².